The highest BCUT2D eigenvalue weighted by molar-refractivity contribution is 7.99. The lowest BCUT2D eigenvalue weighted by molar-refractivity contribution is 0.224. The molecular weight excluding hydrogens is 234 g/mol. The molecule has 1 fully saturated rings. The van der Waals surface area contributed by atoms with Crippen LogP contribution in [0, 0.1) is 5.92 Å². The predicted octanol–water partition coefficient (Wildman–Crippen LogP) is 1.69. The molecular formula is C11H21N5S. The molecule has 1 aliphatic rings. The second kappa shape index (κ2) is 5.82. The van der Waals surface area contributed by atoms with Gasteiger partial charge in [-0.3, -0.25) is 0 Å². The topological polar surface area (TPSA) is 46.8 Å². The zero-order valence-corrected chi connectivity index (χ0v) is 11.7. The van der Waals surface area contributed by atoms with E-state index < -0.39 is 0 Å². The van der Waals surface area contributed by atoms with Gasteiger partial charge in [0.05, 0.1) is 6.04 Å². The van der Waals surface area contributed by atoms with Crippen LogP contribution in [-0.2, 0) is 0 Å². The number of aromatic nitrogens is 4. The quantitative estimate of drug-likeness (QED) is 0.766. The molecule has 1 aromatic rings. The molecule has 2 heterocycles. The SMILES string of the molecule is CC(C)n1nnnc1SCC1CCCN(C)C1. The van der Waals surface area contributed by atoms with Gasteiger partial charge in [0.1, 0.15) is 0 Å². The summed E-state index contributed by atoms with van der Waals surface area (Å²) < 4.78 is 1.90. The summed E-state index contributed by atoms with van der Waals surface area (Å²) in [5.41, 5.74) is 0. The number of hydrogen-bond donors (Lipinski definition) is 0. The van der Waals surface area contributed by atoms with E-state index in [1.54, 1.807) is 11.8 Å². The van der Waals surface area contributed by atoms with Crippen molar-refractivity contribution in [3.63, 3.8) is 0 Å². The lowest BCUT2D eigenvalue weighted by Crippen LogP contribution is -2.33. The van der Waals surface area contributed by atoms with Crippen molar-refractivity contribution in [3.8, 4) is 0 Å². The Morgan fingerprint density at radius 1 is 1.47 bits per heavy atom. The van der Waals surface area contributed by atoms with Crippen molar-refractivity contribution < 1.29 is 0 Å². The summed E-state index contributed by atoms with van der Waals surface area (Å²) in [5.74, 6) is 1.90. The van der Waals surface area contributed by atoms with Crippen molar-refractivity contribution in [2.45, 2.75) is 37.9 Å². The molecule has 1 aromatic heterocycles. The third kappa shape index (κ3) is 3.42. The van der Waals surface area contributed by atoms with Gasteiger partial charge in [-0.15, -0.1) is 5.10 Å². The fourth-order valence-corrected chi connectivity index (χ4v) is 3.34. The Bertz CT molecular complexity index is 351. The lowest BCUT2D eigenvalue weighted by atomic mass is 10.0. The van der Waals surface area contributed by atoms with Crippen molar-refractivity contribution in [1.29, 1.82) is 0 Å². The molecule has 1 saturated heterocycles. The maximum absolute atomic E-state index is 4.09. The minimum atomic E-state index is 0.335. The summed E-state index contributed by atoms with van der Waals surface area (Å²) in [4.78, 5) is 2.42. The number of tetrazole rings is 1. The molecule has 0 saturated carbocycles. The van der Waals surface area contributed by atoms with E-state index in [2.05, 4.69) is 41.3 Å². The van der Waals surface area contributed by atoms with Gasteiger partial charge in [-0.05, 0) is 56.6 Å². The van der Waals surface area contributed by atoms with E-state index in [4.69, 9.17) is 0 Å². The van der Waals surface area contributed by atoms with E-state index in [-0.39, 0.29) is 0 Å². The van der Waals surface area contributed by atoms with Gasteiger partial charge >= 0.3 is 0 Å². The van der Waals surface area contributed by atoms with Gasteiger partial charge in [0.15, 0.2) is 0 Å². The number of piperidine rings is 1. The minimum Gasteiger partial charge on any atom is -0.306 e. The molecule has 0 bridgehead atoms. The molecule has 5 nitrogen and oxygen atoms in total. The maximum Gasteiger partial charge on any atom is 0.209 e. The van der Waals surface area contributed by atoms with Crippen molar-refractivity contribution >= 4 is 11.8 Å². The van der Waals surface area contributed by atoms with Gasteiger partial charge in [-0.25, -0.2) is 4.68 Å². The molecule has 0 aliphatic carbocycles. The van der Waals surface area contributed by atoms with Crippen LogP contribution in [0.25, 0.3) is 0 Å². The average Bonchev–Trinajstić information content (AvgIpc) is 2.74. The number of hydrogen-bond acceptors (Lipinski definition) is 5. The molecule has 17 heavy (non-hydrogen) atoms. The zero-order chi connectivity index (χ0) is 12.3. The second-order valence-electron chi connectivity index (χ2n) is 5.08. The van der Waals surface area contributed by atoms with Crippen LogP contribution < -0.4 is 0 Å². The first-order valence-corrected chi connectivity index (χ1v) is 7.24. The van der Waals surface area contributed by atoms with E-state index in [1.807, 2.05) is 4.68 Å². The standard InChI is InChI=1S/C11H21N5S/c1-9(2)16-11(12-13-14-16)17-8-10-5-4-6-15(3)7-10/h9-10H,4-8H2,1-3H3. The molecule has 6 heteroatoms. The van der Waals surface area contributed by atoms with Crippen LogP contribution >= 0.6 is 11.8 Å². The third-order valence-corrected chi connectivity index (χ3v) is 4.29. The van der Waals surface area contributed by atoms with Gasteiger partial charge in [0, 0.05) is 12.3 Å². The molecule has 1 unspecified atom stereocenters. The summed E-state index contributed by atoms with van der Waals surface area (Å²) >= 11 is 1.79. The first-order chi connectivity index (χ1) is 8.16. The fraction of sp³-hybridized carbons (Fsp3) is 0.909. The van der Waals surface area contributed by atoms with E-state index in [0.717, 1.165) is 16.8 Å². The Hall–Kier alpha value is -0.620. The molecule has 1 aliphatic heterocycles. The van der Waals surface area contributed by atoms with E-state index >= 15 is 0 Å². The summed E-state index contributed by atoms with van der Waals surface area (Å²) in [7, 11) is 2.20. The second-order valence-corrected chi connectivity index (χ2v) is 6.07. The Kier molecular flexibility index (Phi) is 4.39. The molecule has 1 atom stereocenters. The number of nitrogens with zero attached hydrogens (tertiary/aromatic N) is 5. The van der Waals surface area contributed by atoms with Crippen LogP contribution in [0.5, 0.6) is 0 Å². The zero-order valence-electron chi connectivity index (χ0n) is 10.8. The third-order valence-electron chi connectivity index (χ3n) is 3.12. The largest absolute Gasteiger partial charge is 0.306 e. The van der Waals surface area contributed by atoms with Crippen molar-refractivity contribution in [2.75, 3.05) is 25.9 Å². The smallest absolute Gasteiger partial charge is 0.209 e. The van der Waals surface area contributed by atoms with Gasteiger partial charge in [-0.1, -0.05) is 11.8 Å². The summed E-state index contributed by atoms with van der Waals surface area (Å²) in [6.07, 6.45) is 2.65. The predicted molar refractivity (Wildman–Crippen MR) is 69.1 cm³/mol. The molecule has 0 amide bonds. The molecule has 2 rings (SSSR count). The Morgan fingerprint density at radius 2 is 2.29 bits per heavy atom. The molecule has 0 N–H and O–H groups in total. The Labute approximate surface area is 107 Å². The van der Waals surface area contributed by atoms with Crippen LogP contribution in [0.15, 0.2) is 5.16 Å². The molecule has 0 radical (unpaired) electrons. The maximum atomic E-state index is 4.09. The summed E-state index contributed by atoms with van der Waals surface area (Å²) in [6, 6.07) is 0.335. The van der Waals surface area contributed by atoms with E-state index in [0.29, 0.717) is 6.04 Å². The van der Waals surface area contributed by atoms with Crippen LogP contribution in [0.1, 0.15) is 32.7 Å². The first kappa shape index (κ1) is 12.8. The van der Waals surface area contributed by atoms with Gasteiger partial charge in [0.2, 0.25) is 5.16 Å². The van der Waals surface area contributed by atoms with E-state index in [1.165, 1.54) is 25.9 Å². The monoisotopic (exact) mass is 255 g/mol. The fourth-order valence-electron chi connectivity index (χ4n) is 2.21. The number of rotatable bonds is 4. The number of likely N-dealkylation sites (tertiary alicyclic amines) is 1. The van der Waals surface area contributed by atoms with Crippen LogP contribution in [0.3, 0.4) is 0 Å². The van der Waals surface area contributed by atoms with Gasteiger partial charge < -0.3 is 4.90 Å². The molecule has 0 aromatic carbocycles. The van der Waals surface area contributed by atoms with Crippen LogP contribution in [0.4, 0.5) is 0 Å². The van der Waals surface area contributed by atoms with Gasteiger partial charge in [-0.2, -0.15) is 0 Å². The van der Waals surface area contributed by atoms with Crippen molar-refractivity contribution in [2.24, 2.45) is 5.92 Å². The van der Waals surface area contributed by atoms with Gasteiger partial charge in [0.25, 0.3) is 0 Å². The highest BCUT2D eigenvalue weighted by Crippen LogP contribution is 2.24. The highest BCUT2D eigenvalue weighted by Gasteiger charge is 2.19. The van der Waals surface area contributed by atoms with Crippen molar-refractivity contribution in [1.82, 2.24) is 25.1 Å². The average molecular weight is 255 g/mol. The van der Waals surface area contributed by atoms with Crippen LogP contribution in [-0.4, -0.2) is 51.0 Å². The minimum absolute atomic E-state index is 0.335. The Morgan fingerprint density at radius 3 is 3.00 bits per heavy atom. The highest BCUT2D eigenvalue weighted by atomic mass is 32.2. The molecule has 96 valence electrons. The van der Waals surface area contributed by atoms with Crippen molar-refractivity contribution in [3.05, 3.63) is 0 Å². The van der Waals surface area contributed by atoms with E-state index in [9.17, 15) is 0 Å². The number of thioether (sulfide) groups is 1. The Balaban J connectivity index is 1.86. The first-order valence-electron chi connectivity index (χ1n) is 6.26. The molecule has 0 spiro atoms. The normalized spacial score (nSPS) is 22.2. The summed E-state index contributed by atoms with van der Waals surface area (Å²) in [6.45, 7) is 6.66. The summed E-state index contributed by atoms with van der Waals surface area (Å²) in [5, 5.41) is 12.8. The lowest BCUT2D eigenvalue weighted by Gasteiger charge is -2.29. The van der Waals surface area contributed by atoms with Crippen LogP contribution in [0.2, 0.25) is 0 Å².